The molecule has 0 bridgehead atoms. The number of hydrogen-bond acceptors (Lipinski definition) is 4. The fourth-order valence-electron chi connectivity index (χ4n) is 3.27. The summed E-state index contributed by atoms with van der Waals surface area (Å²) in [6.07, 6.45) is 4.29. The van der Waals surface area contributed by atoms with Gasteiger partial charge in [0.2, 0.25) is 0 Å². The molecule has 1 fully saturated rings. The maximum Gasteiger partial charge on any atom is 0.412 e. The fourth-order valence-corrected chi connectivity index (χ4v) is 3.75. The third kappa shape index (κ3) is 6.20. The molecule has 0 aliphatic heterocycles. The van der Waals surface area contributed by atoms with E-state index in [-0.39, 0.29) is 16.3 Å². The van der Waals surface area contributed by atoms with Gasteiger partial charge >= 0.3 is 6.09 Å². The molecule has 1 aliphatic carbocycles. The summed E-state index contributed by atoms with van der Waals surface area (Å²) in [5, 5.41) is 6.62. The molecule has 5 nitrogen and oxygen atoms in total. The number of pyridine rings is 1. The Morgan fingerprint density at radius 1 is 1.27 bits per heavy atom. The van der Waals surface area contributed by atoms with Gasteiger partial charge in [-0.15, -0.1) is 0 Å². The van der Waals surface area contributed by atoms with Crippen LogP contribution in [0.15, 0.2) is 6.07 Å². The number of nitrogens with one attached hydrogen (secondary N) is 2. The average molecular weight is 402 g/mol. The van der Waals surface area contributed by atoms with E-state index in [0.29, 0.717) is 17.3 Å². The van der Waals surface area contributed by atoms with Crippen molar-refractivity contribution < 1.29 is 9.53 Å². The van der Waals surface area contributed by atoms with Gasteiger partial charge in [-0.1, -0.05) is 43.0 Å². The van der Waals surface area contributed by atoms with E-state index in [1.165, 1.54) is 25.7 Å². The first-order valence-electron chi connectivity index (χ1n) is 9.17. The summed E-state index contributed by atoms with van der Waals surface area (Å²) < 4.78 is 5.33. The average Bonchev–Trinajstić information content (AvgIpc) is 2.49. The minimum absolute atomic E-state index is 0.210. The lowest BCUT2D eigenvalue weighted by molar-refractivity contribution is 0.0636. The van der Waals surface area contributed by atoms with Crippen molar-refractivity contribution in [1.82, 2.24) is 4.98 Å². The second kappa shape index (κ2) is 8.66. The van der Waals surface area contributed by atoms with Crippen molar-refractivity contribution in [3.63, 3.8) is 0 Å². The Hall–Kier alpha value is -1.20. The molecule has 1 aliphatic rings. The van der Waals surface area contributed by atoms with E-state index in [9.17, 15) is 4.79 Å². The van der Waals surface area contributed by atoms with Gasteiger partial charge in [-0.3, -0.25) is 5.32 Å². The number of anilines is 2. The van der Waals surface area contributed by atoms with Crippen LogP contribution >= 0.6 is 23.2 Å². The molecular formula is C19H29Cl2N3O2. The lowest BCUT2D eigenvalue weighted by Crippen LogP contribution is -2.31. The molecule has 1 unspecified atom stereocenters. The molecule has 1 aromatic rings. The second-order valence-corrected chi connectivity index (χ2v) is 8.98. The molecule has 0 aromatic carbocycles. The summed E-state index contributed by atoms with van der Waals surface area (Å²) in [7, 11) is 0. The Bertz CT molecular complexity index is 638. The summed E-state index contributed by atoms with van der Waals surface area (Å²) in [5.74, 6) is 1.36. The van der Waals surface area contributed by atoms with E-state index in [4.69, 9.17) is 27.9 Å². The number of hydrogen-bond donors (Lipinski definition) is 2. The highest BCUT2D eigenvalue weighted by atomic mass is 35.5. The molecule has 26 heavy (non-hydrogen) atoms. The van der Waals surface area contributed by atoms with E-state index in [1.807, 2.05) is 20.8 Å². The Morgan fingerprint density at radius 2 is 1.88 bits per heavy atom. The fraction of sp³-hybridized carbons (Fsp3) is 0.684. The molecule has 1 atom stereocenters. The number of aromatic nitrogens is 1. The number of carbonyl (C=O) groups excluding carboxylic acids is 1. The molecule has 2 N–H and O–H groups in total. The van der Waals surface area contributed by atoms with E-state index >= 15 is 0 Å². The smallest absolute Gasteiger partial charge is 0.412 e. The summed E-state index contributed by atoms with van der Waals surface area (Å²) in [6.45, 7) is 9.87. The van der Waals surface area contributed by atoms with Crippen LogP contribution in [0.4, 0.5) is 16.2 Å². The highest BCUT2D eigenvalue weighted by Crippen LogP contribution is 2.36. The Labute approximate surface area is 166 Å². The van der Waals surface area contributed by atoms with Crippen LogP contribution in [0.5, 0.6) is 0 Å². The maximum atomic E-state index is 12.2. The number of amides is 1. The SMILES string of the molecule is CC1CCC(C(C)Nc2c(NC(=O)OC(C)(C)C)cc(Cl)nc2Cl)CC1. The third-order valence-corrected chi connectivity index (χ3v) is 5.19. The Morgan fingerprint density at radius 3 is 2.46 bits per heavy atom. The quantitative estimate of drug-likeness (QED) is 0.575. The van der Waals surface area contributed by atoms with Gasteiger partial charge in [-0.2, -0.15) is 0 Å². The van der Waals surface area contributed by atoms with Gasteiger partial charge in [0.25, 0.3) is 0 Å². The van der Waals surface area contributed by atoms with E-state index in [0.717, 1.165) is 5.92 Å². The van der Waals surface area contributed by atoms with Crippen LogP contribution in [-0.2, 0) is 4.74 Å². The zero-order chi connectivity index (χ0) is 19.5. The van der Waals surface area contributed by atoms with Crippen molar-refractivity contribution in [3.05, 3.63) is 16.4 Å². The van der Waals surface area contributed by atoms with E-state index in [2.05, 4.69) is 29.5 Å². The van der Waals surface area contributed by atoms with Gasteiger partial charge in [0, 0.05) is 12.1 Å². The Kier molecular flexibility index (Phi) is 7.03. The predicted molar refractivity (Wildman–Crippen MR) is 108 cm³/mol. The first-order valence-corrected chi connectivity index (χ1v) is 9.93. The zero-order valence-electron chi connectivity index (χ0n) is 16.2. The molecular weight excluding hydrogens is 373 g/mol. The van der Waals surface area contributed by atoms with Gasteiger partial charge < -0.3 is 10.1 Å². The number of rotatable bonds is 4. The summed E-state index contributed by atoms with van der Waals surface area (Å²) >= 11 is 12.3. The van der Waals surface area contributed by atoms with Crippen LogP contribution in [0, 0.1) is 11.8 Å². The largest absolute Gasteiger partial charge is 0.444 e. The first-order chi connectivity index (χ1) is 12.0. The van der Waals surface area contributed by atoms with Gasteiger partial charge in [-0.25, -0.2) is 9.78 Å². The summed E-state index contributed by atoms with van der Waals surface area (Å²) in [4.78, 5) is 16.3. The number of nitrogens with zero attached hydrogens (tertiary/aromatic N) is 1. The zero-order valence-corrected chi connectivity index (χ0v) is 17.7. The summed E-state index contributed by atoms with van der Waals surface area (Å²) in [6, 6.07) is 1.79. The standard InChI is InChI=1S/C19H29Cl2N3O2/c1-11-6-8-13(9-7-11)12(2)22-16-14(10-15(20)24-17(16)21)23-18(25)26-19(3,4)5/h10-13,22H,6-9H2,1-5H3,(H,23,24,25). The van der Waals surface area contributed by atoms with Crippen LogP contribution in [0.3, 0.4) is 0 Å². The second-order valence-electron chi connectivity index (χ2n) is 8.24. The highest BCUT2D eigenvalue weighted by molar-refractivity contribution is 6.35. The van der Waals surface area contributed by atoms with Crippen molar-refractivity contribution >= 4 is 40.7 Å². The van der Waals surface area contributed by atoms with Crippen molar-refractivity contribution in [2.75, 3.05) is 10.6 Å². The van der Waals surface area contributed by atoms with Crippen molar-refractivity contribution in [1.29, 1.82) is 0 Å². The highest BCUT2D eigenvalue weighted by Gasteiger charge is 2.25. The molecule has 1 aromatic heterocycles. The van der Waals surface area contributed by atoms with Crippen molar-refractivity contribution in [2.24, 2.45) is 11.8 Å². The number of halogens is 2. The Balaban J connectivity index is 2.15. The third-order valence-electron chi connectivity index (χ3n) is 4.72. The lowest BCUT2D eigenvalue weighted by atomic mass is 9.79. The molecule has 146 valence electrons. The van der Waals surface area contributed by atoms with Gasteiger partial charge in [0.1, 0.15) is 10.8 Å². The minimum atomic E-state index is -0.593. The molecule has 0 spiro atoms. The molecule has 7 heteroatoms. The molecule has 1 heterocycles. The van der Waals surface area contributed by atoms with E-state index < -0.39 is 11.7 Å². The monoisotopic (exact) mass is 401 g/mol. The molecule has 2 rings (SSSR count). The van der Waals surface area contributed by atoms with Crippen LogP contribution in [0.2, 0.25) is 10.3 Å². The minimum Gasteiger partial charge on any atom is -0.444 e. The van der Waals surface area contributed by atoms with Crippen LogP contribution in [0.1, 0.15) is 60.3 Å². The topological polar surface area (TPSA) is 63.2 Å². The molecule has 1 amide bonds. The summed E-state index contributed by atoms with van der Waals surface area (Å²) in [5.41, 5.74) is 0.456. The van der Waals surface area contributed by atoms with Crippen molar-refractivity contribution in [3.8, 4) is 0 Å². The van der Waals surface area contributed by atoms with Gasteiger partial charge in [-0.05, 0) is 52.4 Å². The molecule has 0 saturated heterocycles. The normalized spacial score (nSPS) is 21.8. The number of ether oxygens (including phenoxy) is 1. The van der Waals surface area contributed by atoms with Gasteiger partial charge in [0.15, 0.2) is 5.15 Å². The predicted octanol–water partition coefficient (Wildman–Crippen LogP) is 6.36. The van der Waals surface area contributed by atoms with E-state index in [1.54, 1.807) is 6.07 Å². The first kappa shape index (κ1) is 21.1. The maximum absolute atomic E-state index is 12.2. The van der Waals surface area contributed by atoms with Crippen LogP contribution < -0.4 is 10.6 Å². The van der Waals surface area contributed by atoms with Crippen molar-refractivity contribution in [2.45, 2.75) is 71.9 Å². The van der Waals surface area contributed by atoms with Crippen LogP contribution in [0.25, 0.3) is 0 Å². The van der Waals surface area contributed by atoms with Gasteiger partial charge in [0.05, 0.1) is 11.4 Å². The molecule has 1 saturated carbocycles. The molecule has 0 radical (unpaired) electrons. The van der Waals surface area contributed by atoms with Crippen LogP contribution in [-0.4, -0.2) is 22.7 Å². The number of carbonyl (C=O) groups is 1. The lowest BCUT2D eigenvalue weighted by Gasteiger charge is -2.32.